The van der Waals surface area contributed by atoms with Gasteiger partial charge in [-0.2, -0.15) is 10.4 Å². The Balaban J connectivity index is 1.42. The summed E-state index contributed by atoms with van der Waals surface area (Å²) in [4.78, 5) is 17.7. The first kappa shape index (κ1) is 19.5. The molecule has 0 aromatic carbocycles. The van der Waals surface area contributed by atoms with Gasteiger partial charge < -0.3 is 9.88 Å². The van der Waals surface area contributed by atoms with E-state index in [0.717, 1.165) is 28.7 Å². The third-order valence-corrected chi connectivity index (χ3v) is 5.94. The molecule has 156 valence electrons. The summed E-state index contributed by atoms with van der Waals surface area (Å²) >= 11 is 5.96. The van der Waals surface area contributed by atoms with E-state index in [4.69, 9.17) is 11.6 Å². The van der Waals surface area contributed by atoms with Gasteiger partial charge in [-0.05, 0) is 24.6 Å². The van der Waals surface area contributed by atoms with Crippen molar-refractivity contribution in [3.05, 3.63) is 54.1 Å². The van der Waals surface area contributed by atoms with E-state index in [-0.39, 0.29) is 22.9 Å². The second-order valence-corrected chi connectivity index (χ2v) is 7.92. The van der Waals surface area contributed by atoms with Crippen LogP contribution in [0.15, 0.2) is 43.1 Å². The summed E-state index contributed by atoms with van der Waals surface area (Å²) in [6.45, 7) is 1.21. The second-order valence-electron chi connectivity index (χ2n) is 7.54. The Morgan fingerprint density at radius 1 is 1.32 bits per heavy atom. The summed E-state index contributed by atoms with van der Waals surface area (Å²) < 4.78 is 16.1. The van der Waals surface area contributed by atoms with Gasteiger partial charge in [0, 0.05) is 42.4 Å². The molecule has 4 aromatic heterocycles. The van der Waals surface area contributed by atoms with Gasteiger partial charge in [0.05, 0.1) is 30.4 Å². The Labute approximate surface area is 182 Å². The monoisotopic (exact) mass is 436 g/mol. The maximum absolute atomic E-state index is 14.3. The van der Waals surface area contributed by atoms with Gasteiger partial charge in [-0.1, -0.05) is 11.6 Å². The number of hydrogen-bond donors (Lipinski definition) is 1. The van der Waals surface area contributed by atoms with Gasteiger partial charge in [0.1, 0.15) is 17.1 Å². The van der Waals surface area contributed by atoms with Crippen molar-refractivity contribution >= 4 is 28.5 Å². The molecule has 1 N–H and O–H groups in total. The minimum atomic E-state index is -0.400. The Hall–Kier alpha value is -3.51. The molecular formula is C21H18ClFN8. The van der Waals surface area contributed by atoms with Crippen LogP contribution in [0.25, 0.3) is 22.3 Å². The standard InChI is InChI=1S/C21H18ClFN8/c22-18-2-1-16(23)21(29-18)30-8-5-13(10-30)17(3-6-24)31-11-14(9-28-31)19-15-4-7-25-20(15)27-12-26-19/h1-2,4,7,9,11-13,17H,3,5,8,10H2,(H,25,26,27)/t13-,17-/m0/s1. The molecule has 1 saturated heterocycles. The van der Waals surface area contributed by atoms with Crippen LogP contribution < -0.4 is 4.90 Å². The summed E-state index contributed by atoms with van der Waals surface area (Å²) in [7, 11) is 0. The van der Waals surface area contributed by atoms with Crippen molar-refractivity contribution in [3.63, 3.8) is 0 Å². The molecule has 10 heteroatoms. The second kappa shape index (κ2) is 7.96. The fourth-order valence-corrected chi connectivity index (χ4v) is 4.38. The van der Waals surface area contributed by atoms with E-state index in [1.807, 2.05) is 28.0 Å². The Kier molecular flexibility index (Phi) is 5.00. The minimum absolute atomic E-state index is 0.116. The fraction of sp³-hybridized carbons (Fsp3) is 0.286. The molecule has 5 rings (SSSR count). The van der Waals surface area contributed by atoms with E-state index in [1.54, 1.807) is 6.20 Å². The molecule has 0 saturated carbocycles. The molecule has 8 nitrogen and oxygen atoms in total. The number of rotatable bonds is 5. The third kappa shape index (κ3) is 3.59. The van der Waals surface area contributed by atoms with Crippen molar-refractivity contribution in [3.8, 4) is 17.3 Å². The molecular weight excluding hydrogens is 419 g/mol. The number of nitrogens with one attached hydrogen (secondary N) is 1. The number of H-pyrrole nitrogens is 1. The van der Waals surface area contributed by atoms with Crippen LogP contribution >= 0.6 is 11.6 Å². The first-order chi connectivity index (χ1) is 15.1. The highest BCUT2D eigenvalue weighted by Gasteiger charge is 2.33. The number of pyridine rings is 1. The molecule has 2 atom stereocenters. The Bertz CT molecular complexity index is 1280. The van der Waals surface area contributed by atoms with Crippen molar-refractivity contribution < 1.29 is 4.39 Å². The SMILES string of the molecule is N#CC[C@@H]([C@H]1CCN(c2nc(Cl)ccc2F)C1)n1cc(-c2ncnc3[nH]ccc23)cn1. The van der Waals surface area contributed by atoms with Gasteiger partial charge in [-0.25, -0.2) is 19.3 Å². The summed E-state index contributed by atoms with van der Waals surface area (Å²) in [6.07, 6.45) is 8.10. The molecule has 31 heavy (non-hydrogen) atoms. The summed E-state index contributed by atoms with van der Waals surface area (Å²) in [5.74, 6) is -0.0319. The number of aromatic nitrogens is 6. The van der Waals surface area contributed by atoms with Crippen LogP contribution in [0.2, 0.25) is 5.15 Å². The molecule has 4 aromatic rings. The lowest BCUT2D eigenvalue weighted by atomic mass is 9.96. The zero-order valence-corrected chi connectivity index (χ0v) is 17.2. The lowest BCUT2D eigenvalue weighted by Crippen LogP contribution is -2.26. The molecule has 1 fully saturated rings. The molecule has 0 bridgehead atoms. The molecule has 0 aliphatic carbocycles. The first-order valence-corrected chi connectivity index (χ1v) is 10.3. The number of nitrogens with zero attached hydrogens (tertiary/aromatic N) is 7. The van der Waals surface area contributed by atoms with E-state index in [0.29, 0.717) is 19.5 Å². The van der Waals surface area contributed by atoms with Crippen molar-refractivity contribution in [2.75, 3.05) is 18.0 Å². The normalized spacial score (nSPS) is 17.2. The number of hydrogen-bond acceptors (Lipinski definition) is 6. The molecule has 1 aliphatic rings. The minimum Gasteiger partial charge on any atom is -0.354 e. The summed E-state index contributed by atoms with van der Waals surface area (Å²) in [5.41, 5.74) is 2.40. The first-order valence-electron chi connectivity index (χ1n) is 9.90. The predicted molar refractivity (Wildman–Crippen MR) is 114 cm³/mol. The number of fused-ring (bicyclic) bond motifs is 1. The summed E-state index contributed by atoms with van der Waals surface area (Å²) in [5, 5.41) is 15.1. The largest absolute Gasteiger partial charge is 0.354 e. The molecule has 0 spiro atoms. The van der Waals surface area contributed by atoms with E-state index in [1.165, 1.54) is 18.5 Å². The van der Waals surface area contributed by atoms with Gasteiger partial charge >= 0.3 is 0 Å². The highest BCUT2D eigenvalue weighted by atomic mass is 35.5. The molecule has 0 amide bonds. The van der Waals surface area contributed by atoms with Crippen LogP contribution in [-0.4, -0.2) is 42.8 Å². The van der Waals surface area contributed by atoms with Crippen LogP contribution in [0, 0.1) is 23.1 Å². The van der Waals surface area contributed by atoms with E-state index in [9.17, 15) is 9.65 Å². The van der Waals surface area contributed by atoms with Crippen molar-refractivity contribution in [2.45, 2.75) is 18.9 Å². The number of anilines is 1. The van der Waals surface area contributed by atoms with Crippen LogP contribution in [0.1, 0.15) is 18.9 Å². The van der Waals surface area contributed by atoms with E-state index in [2.05, 4.69) is 31.1 Å². The molecule has 5 heterocycles. The Morgan fingerprint density at radius 3 is 3.10 bits per heavy atom. The lowest BCUT2D eigenvalue weighted by Gasteiger charge is -2.23. The van der Waals surface area contributed by atoms with Crippen LogP contribution in [0.4, 0.5) is 10.2 Å². The maximum atomic E-state index is 14.3. The molecule has 1 aliphatic heterocycles. The van der Waals surface area contributed by atoms with Crippen LogP contribution in [0.3, 0.4) is 0 Å². The van der Waals surface area contributed by atoms with Crippen molar-refractivity contribution in [1.29, 1.82) is 5.26 Å². The topological polar surface area (TPSA) is 99.3 Å². The highest BCUT2D eigenvalue weighted by molar-refractivity contribution is 6.29. The summed E-state index contributed by atoms with van der Waals surface area (Å²) in [6, 6.07) is 6.82. The van der Waals surface area contributed by atoms with Gasteiger partial charge in [-0.3, -0.25) is 4.68 Å². The number of aromatic amines is 1. The Morgan fingerprint density at radius 2 is 2.23 bits per heavy atom. The van der Waals surface area contributed by atoms with Gasteiger partial charge in [-0.15, -0.1) is 0 Å². The molecule has 0 radical (unpaired) electrons. The molecule has 0 unspecified atom stereocenters. The fourth-order valence-electron chi connectivity index (χ4n) is 4.24. The van der Waals surface area contributed by atoms with Crippen molar-refractivity contribution in [1.82, 2.24) is 29.7 Å². The number of nitriles is 1. The van der Waals surface area contributed by atoms with Crippen LogP contribution in [-0.2, 0) is 0 Å². The smallest absolute Gasteiger partial charge is 0.166 e. The highest BCUT2D eigenvalue weighted by Crippen LogP contribution is 2.34. The predicted octanol–water partition coefficient (Wildman–Crippen LogP) is 3.99. The van der Waals surface area contributed by atoms with Gasteiger partial charge in [0.2, 0.25) is 0 Å². The average Bonchev–Trinajstić information content (AvgIpc) is 3.53. The van der Waals surface area contributed by atoms with Crippen LogP contribution in [0.5, 0.6) is 0 Å². The number of halogens is 2. The quantitative estimate of drug-likeness (QED) is 0.475. The van der Waals surface area contributed by atoms with E-state index < -0.39 is 5.82 Å². The average molecular weight is 437 g/mol. The zero-order valence-electron chi connectivity index (χ0n) is 16.4. The van der Waals surface area contributed by atoms with Gasteiger partial charge in [0.15, 0.2) is 11.6 Å². The van der Waals surface area contributed by atoms with Gasteiger partial charge in [0.25, 0.3) is 0 Å². The van der Waals surface area contributed by atoms with Crippen molar-refractivity contribution in [2.24, 2.45) is 5.92 Å². The third-order valence-electron chi connectivity index (χ3n) is 5.73. The zero-order chi connectivity index (χ0) is 21.4. The van der Waals surface area contributed by atoms with E-state index >= 15 is 0 Å². The maximum Gasteiger partial charge on any atom is 0.166 e. The lowest BCUT2D eigenvalue weighted by molar-refractivity contribution is 0.331.